The summed E-state index contributed by atoms with van der Waals surface area (Å²) in [6.45, 7) is 1.99. The molecule has 0 saturated heterocycles. The van der Waals surface area contributed by atoms with Gasteiger partial charge in [0, 0.05) is 12.2 Å². The van der Waals surface area contributed by atoms with E-state index in [4.69, 9.17) is 0 Å². The first kappa shape index (κ1) is 13.5. The maximum absolute atomic E-state index is 11.2. The van der Waals surface area contributed by atoms with Crippen molar-refractivity contribution in [2.24, 2.45) is 0 Å². The molecule has 0 aliphatic carbocycles. The molecule has 4 heteroatoms. The number of hydrogen-bond acceptors (Lipinski definition) is 4. The third-order valence-electron chi connectivity index (χ3n) is 2.49. The molecule has 0 heterocycles. The van der Waals surface area contributed by atoms with E-state index in [0.29, 0.717) is 5.56 Å². The minimum Gasteiger partial charge on any atom is -0.465 e. The summed E-state index contributed by atoms with van der Waals surface area (Å²) in [5.41, 5.74) is 1.61. The number of carbonyl (C=O) groups excluding carboxylic acids is 1. The third kappa shape index (κ3) is 4.87. The van der Waals surface area contributed by atoms with Crippen LogP contribution in [0.3, 0.4) is 0 Å². The Balaban J connectivity index is 2.33. The Morgan fingerprint density at radius 1 is 1.18 bits per heavy atom. The molecule has 0 atom stereocenters. The molecule has 94 valence electrons. The summed E-state index contributed by atoms with van der Waals surface area (Å²) < 4.78 is 4.64. The summed E-state index contributed by atoms with van der Waals surface area (Å²) in [4.78, 5) is 11.2. The summed E-state index contributed by atoms with van der Waals surface area (Å²) in [5, 5.41) is 6.42. The Morgan fingerprint density at radius 3 is 2.41 bits per heavy atom. The highest BCUT2D eigenvalue weighted by atomic mass is 16.5. The van der Waals surface area contributed by atoms with Crippen molar-refractivity contribution in [2.75, 3.05) is 32.6 Å². The molecule has 0 saturated carbocycles. The lowest BCUT2D eigenvalue weighted by atomic mass is 10.2. The van der Waals surface area contributed by atoms with Gasteiger partial charge in [0.25, 0.3) is 0 Å². The van der Waals surface area contributed by atoms with Gasteiger partial charge in [-0.2, -0.15) is 0 Å². The van der Waals surface area contributed by atoms with Gasteiger partial charge in [-0.15, -0.1) is 0 Å². The van der Waals surface area contributed by atoms with Gasteiger partial charge in [-0.1, -0.05) is 0 Å². The molecule has 17 heavy (non-hydrogen) atoms. The average Bonchev–Trinajstić information content (AvgIpc) is 2.38. The summed E-state index contributed by atoms with van der Waals surface area (Å²) in [6, 6.07) is 7.32. The Hall–Kier alpha value is -1.55. The van der Waals surface area contributed by atoms with E-state index < -0.39 is 0 Å². The monoisotopic (exact) mass is 236 g/mol. The van der Waals surface area contributed by atoms with E-state index in [-0.39, 0.29) is 5.97 Å². The van der Waals surface area contributed by atoms with Crippen molar-refractivity contribution >= 4 is 11.7 Å². The summed E-state index contributed by atoms with van der Waals surface area (Å²) in [6.07, 6.45) is 2.28. The van der Waals surface area contributed by atoms with Crippen LogP contribution in [0.25, 0.3) is 0 Å². The number of hydrogen-bond donors (Lipinski definition) is 2. The van der Waals surface area contributed by atoms with Gasteiger partial charge in [-0.25, -0.2) is 4.79 Å². The van der Waals surface area contributed by atoms with Gasteiger partial charge in [-0.3, -0.25) is 0 Å². The number of esters is 1. The molecule has 2 N–H and O–H groups in total. The molecule has 1 aromatic rings. The van der Waals surface area contributed by atoms with Crippen LogP contribution in [0.2, 0.25) is 0 Å². The van der Waals surface area contributed by atoms with Crippen molar-refractivity contribution in [3.05, 3.63) is 29.8 Å². The van der Waals surface area contributed by atoms with Gasteiger partial charge < -0.3 is 15.4 Å². The number of rotatable bonds is 7. The summed E-state index contributed by atoms with van der Waals surface area (Å²) >= 11 is 0. The molecule has 0 aliphatic heterocycles. The fourth-order valence-electron chi connectivity index (χ4n) is 1.50. The number of nitrogens with one attached hydrogen (secondary N) is 2. The Kier molecular flexibility index (Phi) is 6.10. The largest absolute Gasteiger partial charge is 0.465 e. The maximum atomic E-state index is 11.2. The molecule has 0 radical (unpaired) electrons. The number of ether oxygens (including phenoxy) is 1. The van der Waals surface area contributed by atoms with Gasteiger partial charge >= 0.3 is 5.97 Å². The highest BCUT2D eigenvalue weighted by Crippen LogP contribution is 2.10. The molecule has 0 aliphatic rings. The van der Waals surface area contributed by atoms with Crippen molar-refractivity contribution < 1.29 is 9.53 Å². The Bertz CT molecular complexity index is 336. The van der Waals surface area contributed by atoms with E-state index in [0.717, 1.165) is 31.6 Å². The van der Waals surface area contributed by atoms with Crippen molar-refractivity contribution in [3.8, 4) is 0 Å². The molecule has 0 amide bonds. The molecule has 0 bridgehead atoms. The zero-order valence-corrected chi connectivity index (χ0v) is 10.5. The van der Waals surface area contributed by atoms with E-state index in [9.17, 15) is 4.79 Å². The van der Waals surface area contributed by atoms with Gasteiger partial charge in [0.2, 0.25) is 0 Å². The number of anilines is 1. The first-order valence-corrected chi connectivity index (χ1v) is 5.84. The minimum atomic E-state index is -0.300. The van der Waals surface area contributed by atoms with Crippen molar-refractivity contribution in [1.29, 1.82) is 0 Å². The van der Waals surface area contributed by atoms with Crippen LogP contribution in [0.4, 0.5) is 5.69 Å². The zero-order valence-electron chi connectivity index (χ0n) is 10.5. The van der Waals surface area contributed by atoms with Crippen LogP contribution in [-0.4, -0.2) is 33.2 Å². The number of unbranched alkanes of at least 4 members (excludes halogenated alkanes) is 1. The second-order valence-electron chi connectivity index (χ2n) is 3.81. The standard InChI is InChI=1S/C13H20N2O2/c1-14-9-3-4-10-15-12-7-5-11(6-8-12)13(16)17-2/h5-8,14-15H,3-4,9-10H2,1-2H3. The normalized spacial score (nSPS) is 10.0. The lowest BCUT2D eigenvalue weighted by molar-refractivity contribution is 0.0601. The molecule has 1 aromatic carbocycles. The predicted molar refractivity (Wildman–Crippen MR) is 69.4 cm³/mol. The second-order valence-corrected chi connectivity index (χ2v) is 3.81. The van der Waals surface area contributed by atoms with Crippen LogP contribution in [-0.2, 0) is 4.74 Å². The van der Waals surface area contributed by atoms with E-state index in [1.54, 1.807) is 12.1 Å². The molecule has 4 nitrogen and oxygen atoms in total. The van der Waals surface area contributed by atoms with E-state index in [2.05, 4.69) is 15.4 Å². The van der Waals surface area contributed by atoms with Crippen LogP contribution in [0, 0.1) is 0 Å². The number of carbonyl (C=O) groups is 1. The van der Waals surface area contributed by atoms with E-state index in [1.165, 1.54) is 7.11 Å². The zero-order chi connectivity index (χ0) is 12.5. The molecule has 0 fully saturated rings. The van der Waals surface area contributed by atoms with Gasteiger partial charge in [0.15, 0.2) is 0 Å². The number of benzene rings is 1. The van der Waals surface area contributed by atoms with E-state index >= 15 is 0 Å². The van der Waals surface area contributed by atoms with Gasteiger partial charge in [0.1, 0.15) is 0 Å². The van der Waals surface area contributed by atoms with Crippen molar-refractivity contribution in [2.45, 2.75) is 12.8 Å². The Morgan fingerprint density at radius 2 is 1.82 bits per heavy atom. The van der Waals surface area contributed by atoms with Crippen LogP contribution < -0.4 is 10.6 Å². The lowest BCUT2D eigenvalue weighted by Gasteiger charge is -2.06. The van der Waals surface area contributed by atoms with Crippen LogP contribution in [0.15, 0.2) is 24.3 Å². The highest BCUT2D eigenvalue weighted by molar-refractivity contribution is 5.89. The van der Waals surface area contributed by atoms with Crippen LogP contribution in [0.5, 0.6) is 0 Å². The van der Waals surface area contributed by atoms with Gasteiger partial charge in [0.05, 0.1) is 12.7 Å². The predicted octanol–water partition coefficient (Wildman–Crippen LogP) is 1.88. The topological polar surface area (TPSA) is 50.4 Å². The molecular weight excluding hydrogens is 216 g/mol. The van der Waals surface area contributed by atoms with Crippen LogP contribution >= 0.6 is 0 Å². The third-order valence-corrected chi connectivity index (χ3v) is 2.49. The molecule has 0 aromatic heterocycles. The van der Waals surface area contributed by atoms with Crippen molar-refractivity contribution in [1.82, 2.24) is 5.32 Å². The first-order valence-electron chi connectivity index (χ1n) is 5.84. The maximum Gasteiger partial charge on any atom is 0.337 e. The Labute approximate surface area is 102 Å². The van der Waals surface area contributed by atoms with Crippen LogP contribution in [0.1, 0.15) is 23.2 Å². The van der Waals surface area contributed by atoms with Gasteiger partial charge in [-0.05, 0) is 50.7 Å². The summed E-state index contributed by atoms with van der Waals surface area (Å²) in [7, 11) is 3.34. The number of methoxy groups -OCH3 is 1. The molecule has 0 spiro atoms. The molecule has 1 rings (SSSR count). The first-order chi connectivity index (χ1) is 8.27. The summed E-state index contributed by atoms with van der Waals surface area (Å²) in [5.74, 6) is -0.300. The van der Waals surface area contributed by atoms with Crippen molar-refractivity contribution in [3.63, 3.8) is 0 Å². The van der Waals surface area contributed by atoms with E-state index in [1.807, 2.05) is 19.2 Å². The minimum absolute atomic E-state index is 0.300. The second kappa shape index (κ2) is 7.68. The fourth-order valence-corrected chi connectivity index (χ4v) is 1.50. The quantitative estimate of drug-likeness (QED) is 0.560. The smallest absolute Gasteiger partial charge is 0.337 e. The lowest BCUT2D eigenvalue weighted by Crippen LogP contribution is -2.10. The highest BCUT2D eigenvalue weighted by Gasteiger charge is 2.03. The molecule has 0 unspecified atom stereocenters. The fraction of sp³-hybridized carbons (Fsp3) is 0.462. The SMILES string of the molecule is CNCCCCNc1ccc(C(=O)OC)cc1. The molecular formula is C13H20N2O2. The average molecular weight is 236 g/mol.